The summed E-state index contributed by atoms with van der Waals surface area (Å²) in [6, 6.07) is 0.428. The Balaban J connectivity index is 1.98. The van der Waals surface area contributed by atoms with Crippen LogP contribution in [-0.4, -0.2) is 23.5 Å². The van der Waals surface area contributed by atoms with Gasteiger partial charge in [-0.1, -0.05) is 0 Å². The van der Waals surface area contributed by atoms with Crippen molar-refractivity contribution in [3.63, 3.8) is 0 Å². The van der Waals surface area contributed by atoms with E-state index in [9.17, 15) is 4.79 Å². The molecule has 0 unspecified atom stereocenters. The number of piperidine rings is 1. The van der Waals surface area contributed by atoms with Crippen LogP contribution in [0.1, 0.15) is 38.6 Å². The summed E-state index contributed by atoms with van der Waals surface area (Å²) in [5.74, 6) is 0.282. The van der Waals surface area contributed by atoms with Crippen molar-refractivity contribution in [1.82, 2.24) is 15.6 Å². The van der Waals surface area contributed by atoms with Gasteiger partial charge in [0.05, 0.1) is 5.54 Å². The predicted octanol–water partition coefficient (Wildman–Crippen LogP) is 1.88. The molecular formula is C13H21N3OS. The van der Waals surface area contributed by atoms with Gasteiger partial charge in [0.25, 0.3) is 0 Å². The summed E-state index contributed by atoms with van der Waals surface area (Å²) in [7, 11) is 0. The van der Waals surface area contributed by atoms with Crippen LogP contribution in [0.25, 0.3) is 0 Å². The second-order valence-electron chi connectivity index (χ2n) is 5.53. The molecule has 1 aliphatic rings. The van der Waals surface area contributed by atoms with Crippen LogP contribution in [0.3, 0.4) is 0 Å². The van der Waals surface area contributed by atoms with E-state index in [-0.39, 0.29) is 17.4 Å². The Bertz CT molecular complexity index is 402. The molecule has 1 aliphatic heterocycles. The van der Waals surface area contributed by atoms with E-state index in [4.69, 9.17) is 0 Å². The lowest BCUT2D eigenvalue weighted by molar-refractivity contribution is -0.127. The summed E-state index contributed by atoms with van der Waals surface area (Å²) < 4.78 is 0. The van der Waals surface area contributed by atoms with Crippen LogP contribution in [0, 0.1) is 5.92 Å². The molecule has 2 N–H and O–H groups in total. The zero-order valence-electron chi connectivity index (χ0n) is 11.2. The number of hydrogen-bond acceptors (Lipinski definition) is 4. The lowest BCUT2D eigenvalue weighted by atomic mass is 9.91. The average Bonchev–Trinajstić information content (AvgIpc) is 2.82. The Morgan fingerprint density at radius 2 is 2.39 bits per heavy atom. The van der Waals surface area contributed by atoms with Crippen LogP contribution < -0.4 is 10.6 Å². The second-order valence-corrected chi connectivity index (χ2v) is 6.42. The number of rotatable bonds is 3. The van der Waals surface area contributed by atoms with E-state index in [1.54, 1.807) is 17.5 Å². The quantitative estimate of drug-likeness (QED) is 0.879. The molecule has 0 radical (unpaired) electrons. The van der Waals surface area contributed by atoms with E-state index in [1.165, 1.54) is 0 Å². The van der Waals surface area contributed by atoms with Crippen LogP contribution in [0.2, 0.25) is 0 Å². The molecule has 1 fully saturated rings. The Labute approximate surface area is 112 Å². The number of thiazole rings is 1. The normalized spacial score (nSPS) is 24.8. The van der Waals surface area contributed by atoms with Crippen molar-refractivity contribution in [3.8, 4) is 0 Å². The molecule has 0 aliphatic carbocycles. The third-order valence-electron chi connectivity index (χ3n) is 3.40. The van der Waals surface area contributed by atoms with Gasteiger partial charge in [-0.2, -0.15) is 0 Å². The SMILES string of the molecule is C[C@H]1C[C@@H](C(=O)NC(C)(C)c2nccs2)CCN1. The van der Waals surface area contributed by atoms with Crippen molar-refractivity contribution in [2.24, 2.45) is 5.92 Å². The predicted molar refractivity (Wildman–Crippen MR) is 73.5 cm³/mol. The summed E-state index contributed by atoms with van der Waals surface area (Å²) >= 11 is 1.58. The first-order valence-corrected chi connectivity index (χ1v) is 7.32. The van der Waals surface area contributed by atoms with Crippen LogP contribution in [0.15, 0.2) is 11.6 Å². The van der Waals surface area contributed by atoms with E-state index < -0.39 is 0 Å². The maximum absolute atomic E-state index is 12.3. The number of aromatic nitrogens is 1. The van der Waals surface area contributed by atoms with Gasteiger partial charge in [-0.05, 0) is 40.2 Å². The van der Waals surface area contributed by atoms with Gasteiger partial charge in [-0.15, -0.1) is 11.3 Å². The molecule has 2 heterocycles. The maximum Gasteiger partial charge on any atom is 0.223 e. The van der Waals surface area contributed by atoms with E-state index in [2.05, 4.69) is 22.5 Å². The van der Waals surface area contributed by atoms with Crippen molar-refractivity contribution in [3.05, 3.63) is 16.6 Å². The smallest absolute Gasteiger partial charge is 0.223 e. The number of hydrogen-bond donors (Lipinski definition) is 2. The molecule has 0 saturated carbocycles. The summed E-state index contributed by atoms with van der Waals surface area (Å²) in [6.07, 6.45) is 3.62. The lowest BCUT2D eigenvalue weighted by Crippen LogP contribution is -2.48. The molecule has 2 rings (SSSR count). The molecule has 0 spiro atoms. The number of nitrogens with zero attached hydrogens (tertiary/aromatic N) is 1. The molecular weight excluding hydrogens is 246 g/mol. The molecule has 100 valence electrons. The highest BCUT2D eigenvalue weighted by Crippen LogP contribution is 2.24. The Hall–Kier alpha value is -0.940. The Morgan fingerprint density at radius 3 is 3.00 bits per heavy atom. The van der Waals surface area contributed by atoms with Gasteiger partial charge < -0.3 is 10.6 Å². The van der Waals surface area contributed by atoms with Gasteiger partial charge in [-0.25, -0.2) is 4.98 Å². The second kappa shape index (κ2) is 5.36. The zero-order chi connectivity index (χ0) is 13.2. The van der Waals surface area contributed by atoms with Crippen molar-refractivity contribution in [2.45, 2.75) is 45.2 Å². The van der Waals surface area contributed by atoms with Gasteiger partial charge in [0.1, 0.15) is 5.01 Å². The highest BCUT2D eigenvalue weighted by Gasteiger charge is 2.31. The minimum atomic E-state index is -0.376. The molecule has 5 heteroatoms. The van der Waals surface area contributed by atoms with Crippen LogP contribution in [-0.2, 0) is 10.3 Å². The van der Waals surface area contributed by atoms with Crippen LogP contribution in [0.4, 0.5) is 0 Å². The first-order chi connectivity index (χ1) is 8.49. The number of amides is 1. The third kappa shape index (κ3) is 3.09. The van der Waals surface area contributed by atoms with E-state index >= 15 is 0 Å². The first kappa shape index (κ1) is 13.5. The molecule has 0 bridgehead atoms. The topological polar surface area (TPSA) is 54.0 Å². The fourth-order valence-corrected chi connectivity index (χ4v) is 3.08. The number of carbonyl (C=O) groups is 1. The molecule has 1 aromatic rings. The molecule has 2 atom stereocenters. The molecule has 1 saturated heterocycles. The number of carbonyl (C=O) groups excluding carboxylic acids is 1. The monoisotopic (exact) mass is 267 g/mol. The third-order valence-corrected chi connectivity index (χ3v) is 4.49. The van der Waals surface area contributed by atoms with Crippen molar-refractivity contribution >= 4 is 17.2 Å². The highest BCUT2D eigenvalue weighted by molar-refractivity contribution is 7.09. The molecule has 1 aromatic heterocycles. The zero-order valence-corrected chi connectivity index (χ0v) is 12.0. The van der Waals surface area contributed by atoms with Crippen molar-refractivity contribution < 1.29 is 4.79 Å². The van der Waals surface area contributed by atoms with Crippen molar-refractivity contribution in [2.75, 3.05) is 6.54 Å². The van der Waals surface area contributed by atoms with E-state index in [1.807, 2.05) is 19.2 Å². The van der Waals surface area contributed by atoms with E-state index in [0.29, 0.717) is 6.04 Å². The first-order valence-electron chi connectivity index (χ1n) is 6.44. The summed E-state index contributed by atoms with van der Waals surface area (Å²) in [4.78, 5) is 16.6. The van der Waals surface area contributed by atoms with Crippen molar-refractivity contribution in [1.29, 1.82) is 0 Å². The summed E-state index contributed by atoms with van der Waals surface area (Å²) in [6.45, 7) is 7.07. The lowest BCUT2D eigenvalue weighted by Gasteiger charge is -2.31. The van der Waals surface area contributed by atoms with Gasteiger partial charge in [-0.3, -0.25) is 4.79 Å². The molecule has 1 amide bonds. The fourth-order valence-electron chi connectivity index (χ4n) is 2.37. The number of nitrogens with one attached hydrogen (secondary N) is 2. The van der Waals surface area contributed by atoms with Crippen LogP contribution in [0.5, 0.6) is 0 Å². The Morgan fingerprint density at radius 1 is 1.61 bits per heavy atom. The summed E-state index contributed by atoms with van der Waals surface area (Å²) in [5, 5.41) is 9.39. The standard InChI is InChI=1S/C13H21N3OS/c1-9-8-10(4-5-14-9)11(17)16-13(2,3)12-15-6-7-18-12/h6-7,9-10,14H,4-5,8H2,1-3H3,(H,16,17)/t9-,10-/m0/s1. The van der Waals surface area contributed by atoms with Gasteiger partial charge in [0.15, 0.2) is 0 Å². The van der Waals surface area contributed by atoms with E-state index in [0.717, 1.165) is 24.4 Å². The maximum atomic E-state index is 12.3. The molecule has 0 aromatic carbocycles. The van der Waals surface area contributed by atoms with Gasteiger partial charge in [0, 0.05) is 23.5 Å². The molecule has 4 nitrogen and oxygen atoms in total. The fraction of sp³-hybridized carbons (Fsp3) is 0.692. The van der Waals surface area contributed by atoms with Crippen LogP contribution >= 0.6 is 11.3 Å². The minimum absolute atomic E-state index is 0.125. The highest BCUT2D eigenvalue weighted by atomic mass is 32.1. The van der Waals surface area contributed by atoms with Gasteiger partial charge in [0.2, 0.25) is 5.91 Å². The average molecular weight is 267 g/mol. The largest absolute Gasteiger partial charge is 0.344 e. The molecule has 18 heavy (non-hydrogen) atoms. The summed E-state index contributed by atoms with van der Waals surface area (Å²) in [5.41, 5.74) is -0.376. The minimum Gasteiger partial charge on any atom is -0.344 e. The Kier molecular flexibility index (Phi) is 4.02. The van der Waals surface area contributed by atoms with Gasteiger partial charge >= 0.3 is 0 Å².